The molecule has 0 fully saturated rings. The normalized spacial score (nSPS) is 13.5. The van der Waals surface area contributed by atoms with Crippen LogP contribution in [0.1, 0.15) is 52.2 Å². The van der Waals surface area contributed by atoms with E-state index in [4.69, 9.17) is 14.2 Å². The van der Waals surface area contributed by atoms with E-state index >= 15 is 0 Å². The number of esters is 2. The Morgan fingerprint density at radius 3 is 2.23 bits per heavy atom. The van der Waals surface area contributed by atoms with Crippen LogP contribution in [0, 0.1) is 0 Å². The van der Waals surface area contributed by atoms with Crippen molar-refractivity contribution in [3.8, 4) is 0 Å². The minimum absolute atomic E-state index is 0.0671. The Morgan fingerprint density at radius 2 is 1.63 bits per heavy atom. The van der Waals surface area contributed by atoms with Gasteiger partial charge in [-0.1, -0.05) is 24.3 Å². The molecule has 1 aromatic rings. The minimum Gasteiger partial charge on any atom is -0.466 e. The number of ether oxygens (including phenoxy) is 3. The van der Waals surface area contributed by atoms with Crippen molar-refractivity contribution < 1.29 is 37.0 Å². The first-order valence-electron chi connectivity index (χ1n) is 11.5. The van der Waals surface area contributed by atoms with Gasteiger partial charge >= 0.3 is 11.9 Å². The molecular formula is C24H38N2O8S. The van der Waals surface area contributed by atoms with Crippen molar-refractivity contribution in [2.24, 2.45) is 0 Å². The molecule has 35 heavy (non-hydrogen) atoms. The van der Waals surface area contributed by atoms with Gasteiger partial charge < -0.3 is 14.2 Å². The van der Waals surface area contributed by atoms with Crippen LogP contribution in [0.2, 0.25) is 0 Å². The van der Waals surface area contributed by atoms with E-state index in [1.807, 2.05) is 0 Å². The maximum atomic E-state index is 13.0. The highest BCUT2D eigenvalue weighted by molar-refractivity contribution is 7.92. The predicted molar refractivity (Wildman–Crippen MR) is 131 cm³/mol. The fourth-order valence-electron chi connectivity index (χ4n) is 3.58. The molecule has 2 N–H and O–H groups in total. The third kappa shape index (κ3) is 10.3. The highest BCUT2D eigenvalue weighted by Crippen LogP contribution is 2.30. The zero-order valence-electron chi connectivity index (χ0n) is 21.4. The fourth-order valence-corrected chi connectivity index (χ4v) is 5.27. The monoisotopic (exact) mass is 514 g/mol. The Morgan fingerprint density at radius 1 is 1.00 bits per heavy atom. The van der Waals surface area contributed by atoms with E-state index in [0.717, 1.165) is 0 Å². The van der Waals surface area contributed by atoms with Gasteiger partial charge in [0.1, 0.15) is 5.75 Å². The summed E-state index contributed by atoms with van der Waals surface area (Å²) in [5, 5.41) is 0. The number of rotatable bonds is 15. The molecule has 1 atom stereocenters. The van der Waals surface area contributed by atoms with Crippen molar-refractivity contribution in [3.05, 3.63) is 35.4 Å². The summed E-state index contributed by atoms with van der Waals surface area (Å²) < 4.78 is 40.4. The van der Waals surface area contributed by atoms with Crippen molar-refractivity contribution in [1.82, 2.24) is 10.9 Å². The summed E-state index contributed by atoms with van der Waals surface area (Å²) in [6, 6.07) is 7.12. The van der Waals surface area contributed by atoms with Crippen LogP contribution in [0.5, 0.6) is 0 Å². The lowest BCUT2D eigenvalue weighted by Crippen LogP contribution is -2.48. The number of benzene rings is 1. The molecule has 1 rings (SSSR count). The Labute approximate surface area is 208 Å². The van der Waals surface area contributed by atoms with E-state index in [1.54, 1.807) is 65.9 Å². The molecule has 0 aliphatic heterocycles. The average Bonchev–Trinajstić information content (AvgIpc) is 2.72. The van der Waals surface area contributed by atoms with Crippen LogP contribution in [-0.4, -0.2) is 70.2 Å². The second kappa shape index (κ2) is 13.6. The van der Waals surface area contributed by atoms with Crippen LogP contribution in [-0.2, 0) is 50.3 Å². The summed E-state index contributed by atoms with van der Waals surface area (Å²) in [6.45, 7) is 8.75. The highest BCUT2D eigenvalue weighted by Gasteiger charge is 2.37. The summed E-state index contributed by atoms with van der Waals surface area (Å²) in [6.07, 6.45) is 0.304. The molecule has 0 spiro atoms. The van der Waals surface area contributed by atoms with Gasteiger partial charge in [0.15, 0.2) is 9.84 Å². The second-order valence-electron chi connectivity index (χ2n) is 8.91. The number of hydrogen-bond donors (Lipinski definition) is 2. The van der Waals surface area contributed by atoms with Gasteiger partial charge in [-0.25, -0.2) is 13.8 Å². The van der Waals surface area contributed by atoms with Crippen LogP contribution in [0.3, 0.4) is 0 Å². The molecule has 0 radical (unpaired) electrons. The van der Waals surface area contributed by atoms with E-state index in [0.29, 0.717) is 11.1 Å². The molecule has 0 saturated heterocycles. The lowest BCUT2D eigenvalue weighted by atomic mass is 9.78. The Balaban J connectivity index is 2.99. The molecule has 0 saturated carbocycles. The molecule has 0 aliphatic rings. The quantitative estimate of drug-likeness (QED) is 0.263. The first kappa shape index (κ1) is 30.5. The molecule has 10 nitrogen and oxygen atoms in total. The molecule has 1 aromatic carbocycles. The zero-order chi connectivity index (χ0) is 26.7. The summed E-state index contributed by atoms with van der Waals surface area (Å²) in [4.78, 5) is 36.5. The van der Waals surface area contributed by atoms with Gasteiger partial charge in [0.25, 0.3) is 0 Å². The number of carbonyl (C=O) groups excluding carboxylic acids is 3. The lowest BCUT2D eigenvalue weighted by molar-refractivity contribution is -0.142. The zero-order valence-corrected chi connectivity index (χ0v) is 22.2. The first-order valence-corrected chi connectivity index (χ1v) is 13.3. The minimum atomic E-state index is -3.76. The predicted octanol–water partition coefficient (Wildman–Crippen LogP) is 1.46. The van der Waals surface area contributed by atoms with Crippen LogP contribution in [0.25, 0.3) is 0 Å². The summed E-state index contributed by atoms with van der Waals surface area (Å²) in [7, 11) is -2.19. The number of hydrogen-bond acceptors (Lipinski definition) is 9. The Kier molecular flexibility index (Phi) is 11.8. The van der Waals surface area contributed by atoms with E-state index in [-0.39, 0.29) is 50.3 Å². The van der Waals surface area contributed by atoms with Gasteiger partial charge in [0.05, 0.1) is 36.4 Å². The van der Waals surface area contributed by atoms with Crippen molar-refractivity contribution in [2.45, 2.75) is 58.5 Å². The number of carbonyl (C=O) groups is 3. The van der Waals surface area contributed by atoms with Gasteiger partial charge in [-0.3, -0.25) is 19.8 Å². The van der Waals surface area contributed by atoms with Crippen molar-refractivity contribution in [2.75, 3.05) is 38.4 Å². The summed E-state index contributed by atoms with van der Waals surface area (Å²) >= 11 is 0. The summed E-state index contributed by atoms with van der Waals surface area (Å²) in [5.74, 6) is -2.58. The van der Waals surface area contributed by atoms with Crippen molar-refractivity contribution in [1.29, 1.82) is 0 Å². The molecule has 0 aromatic heterocycles. The molecule has 1 amide bonds. The first-order chi connectivity index (χ1) is 16.3. The molecule has 11 heteroatoms. The van der Waals surface area contributed by atoms with Crippen LogP contribution in [0.15, 0.2) is 24.3 Å². The van der Waals surface area contributed by atoms with Crippen LogP contribution in [0.4, 0.5) is 0 Å². The smallest absolute Gasteiger partial charge is 0.321 e. The largest absolute Gasteiger partial charge is 0.466 e. The topological polar surface area (TPSA) is 137 Å². The third-order valence-electron chi connectivity index (χ3n) is 5.26. The Bertz CT molecular complexity index is 977. The molecule has 0 bridgehead atoms. The van der Waals surface area contributed by atoms with Crippen LogP contribution < -0.4 is 10.9 Å². The van der Waals surface area contributed by atoms with E-state index in [2.05, 4.69) is 10.9 Å². The van der Waals surface area contributed by atoms with Gasteiger partial charge in [0.2, 0.25) is 5.91 Å². The number of nitrogens with one attached hydrogen (secondary N) is 2. The SMILES string of the molecule is CCOC(=O)Cc1cccc(C(C)(CCOC(C)(C)CS(=O)(=O)CC(=O)OCC)C(=O)NNC)c1. The molecule has 0 heterocycles. The van der Waals surface area contributed by atoms with Gasteiger partial charge in [-0.05, 0) is 52.2 Å². The van der Waals surface area contributed by atoms with Gasteiger partial charge in [-0.15, -0.1) is 0 Å². The van der Waals surface area contributed by atoms with E-state index in [9.17, 15) is 22.8 Å². The molecular weight excluding hydrogens is 476 g/mol. The second-order valence-corrected chi connectivity index (χ2v) is 11.0. The van der Waals surface area contributed by atoms with Crippen molar-refractivity contribution >= 4 is 27.7 Å². The van der Waals surface area contributed by atoms with Crippen molar-refractivity contribution in [3.63, 3.8) is 0 Å². The maximum absolute atomic E-state index is 13.0. The lowest BCUT2D eigenvalue weighted by Gasteiger charge is -2.31. The molecule has 1 unspecified atom stereocenters. The molecule has 0 aliphatic carbocycles. The van der Waals surface area contributed by atoms with Crippen LogP contribution >= 0.6 is 0 Å². The Hall–Kier alpha value is -2.50. The number of hydrazine groups is 1. The maximum Gasteiger partial charge on any atom is 0.321 e. The number of amides is 1. The van der Waals surface area contributed by atoms with E-state index in [1.165, 1.54) is 0 Å². The summed E-state index contributed by atoms with van der Waals surface area (Å²) in [5.41, 5.74) is 4.46. The standard InChI is InChI=1S/C24H38N2O8S/c1-7-32-20(27)15-18-10-9-11-19(14-18)24(5,22(29)26-25-6)12-13-34-23(3,4)17-35(30,31)16-21(28)33-8-2/h9-11,14,25H,7-8,12-13,15-17H2,1-6H3,(H,26,29). The van der Waals surface area contributed by atoms with Gasteiger partial charge in [0, 0.05) is 13.7 Å². The molecule has 198 valence electrons. The van der Waals surface area contributed by atoms with E-state index < -0.39 is 32.6 Å². The number of sulfone groups is 1. The third-order valence-corrected chi connectivity index (χ3v) is 7.07. The highest BCUT2D eigenvalue weighted by atomic mass is 32.2. The average molecular weight is 515 g/mol. The fraction of sp³-hybridized carbons (Fsp3) is 0.625. The van der Waals surface area contributed by atoms with Gasteiger partial charge in [-0.2, -0.15) is 0 Å².